The summed E-state index contributed by atoms with van der Waals surface area (Å²) in [6, 6.07) is 7.15. The highest BCUT2D eigenvalue weighted by atomic mass is 79.9. The monoisotopic (exact) mass is 573 g/mol. The first-order valence-corrected chi connectivity index (χ1v) is 12.9. The molecular formula is C21H25BrN3O9P. The average Bonchev–Trinajstić information content (AvgIpc) is 3.19. The zero-order chi connectivity index (χ0) is 25.6. The molecule has 0 saturated carbocycles. The molecule has 1 aromatic carbocycles. The van der Waals surface area contributed by atoms with Gasteiger partial charge in [0.05, 0.1) is 25.4 Å². The molecule has 5 atom stereocenters. The predicted octanol–water partition coefficient (Wildman–Crippen LogP) is 1.91. The molecule has 3 N–H and O–H groups in total. The zero-order valence-corrected chi connectivity index (χ0v) is 21.3. The first kappa shape index (κ1) is 27.1. The van der Waals surface area contributed by atoms with Gasteiger partial charge in [0.1, 0.15) is 24.1 Å². The molecule has 0 amide bonds. The van der Waals surface area contributed by atoms with E-state index in [-0.39, 0.29) is 17.7 Å². The second-order valence-corrected chi connectivity index (χ2v) is 9.77. The first-order valence-electron chi connectivity index (χ1n) is 10.5. The van der Waals surface area contributed by atoms with Gasteiger partial charge in [0, 0.05) is 12.6 Å². The number of hydrogen-bond acceptors (Lipinski definition) is 9. The Kier molecular flexibility index (Phi) is 9.22. The van der Waals surface area contributed by atoms with Crippen LogP contribution in [0.3, 0.4) is 0 Å². The number of para-hydroxylation sites is 1. The molecule has 2 heterocycles. The molecule has 1 aliphatic rings. The number of carbonyl (C=O) groups is 1. The summed E-state index contributed by atoms with van der Waals surface area (Å²) in [6.45, 7) is 1.03. The van der Waals surface area contributed by atoms with E-state index in [0.29, 0.717) is 0 Å². The number of ether oxygens (including phenoxy) is 2. The predicted molar refractivity (Wildman–Crippen MR) is 129 cm³/mol. The second kappa shape index (κ2) is 11.9. The van der Waals surface area contributed by atoms with Crippen molar-refractivity contribution in [3.05, 3.63) is 67.9 Å². The van der Waals surface area contributed by atoms with Crippen LogP contribution in [0.5, 0.6) is 5.75 Å². The van der Waals surface area contributed by atoms with Gasteiger partial charge in [-0.1, -0.05) is 34.1 Å². The van der Waals surface area contributed by atoms with Gasteiger partial charge in [0.15, 0.2) is 0 Å². The Morgan fingerprint density at radius 2 is 2.11 bits per heavy atom. The number of methoxy groups -OCH3 is 1. The molecule has 12 nitrogen and oxygen atoms in total. The van der Waals surface area contributed by atoms with Crippen molar-refractivity contribution in [3.63, 3.8) is 0 Å². The van der Waals surface area contributed by atoms with Crippen LogP contribution in [0.15, 0.2) is 51.1 Å². The van der Waals surface area contributed by atoms with E-state index < -0.39 is 56.0 Å². The minimum atomic E-state index is -4.14. The summed E-state index contributed by atoms with van der Waals surface area (Å²) < 4.78 is 36.0. The Morgan fingerprint density at radius 3 is 2.77 bits per heavy atom. The molecule has 0 bridgehead atoms. The molecule has 1 aliphatic heterocycles. The third-order valence-electron chi connectivity index (χ3n) is 5.04. The highest BCUT2D eigenvalue weighted by molar-refractivity contribution is 9.11. The lowest BCUT2D eigenvalue weighted by Gasteiger charge is -2.24. The summed E-state index contributed by atoms with van der Waals surface area (Å²) in [6.07, 6.45) is -0.224. The minimum absolute atomic E-state index is 0.00722. The van der Waals surface area contributed by atoms with Gasteiger partial charge in [0.2, 0.25) is 0 Å². The summed E-state index contributed by atoms with van der Waals surface area (Å²) in [5.74, 6) is -0.466. The van der Waals surface area contributed by atoms with Gasteiger partial charge in [-0.15, -0.1) is 0 Å². The molecule has 1 fully saturated rings. The summed E-state index contributed by atoms with van der Waals surface area (Å²) in [5, 5.41) is 13.0. The lowest BCUT2D eigenvalue weighted by atomic mass is 10.2. The number of carbonyl (C=O) groups excluding carboxylic acids is 1. The van der Waals surface area contributed by atoms with Crippen LogP contribution < -0.4 is 20.9 Å². The number of hydrogen-bond donors (Lipinski definition) is 3. The van der Waals surface area contributed by atoms with Gasteiger partial charge in [-0.3, -0.25) is 23.7 Å². The molecule has 190 valence electrons. The molecule has 0 aliphatic carbocycles. The van der Waals surface area contributed by atoms with Gasteiger partial charge < -0.3 is 19.1 Å². The van der Waals surface area contributed by atoms with Crippen molar-refractivity contribution in [2.45, 2.75) is 37.8 Å². The van der Waals surface area contributed by atoms with E-state index in [4.69, 9.17) is 13.8 Å². The minimum Gasteiger partial charge on any atom is -0.468 e. The van der Waals surface area contributed by atoms with Crippen LogP contribution in [0.25, 0.3) is 6.08 Å². The average molecular weight is 574 g/mol. The van der Waals surface area contributed by atoms with Gasteiger partial charge >= 0.3 is 19.4 Å². The number of aliphatic hydroxyl groups excluding tert-OH is 1. The molecule has 35 heavy (non-hydrogen) atoms. The van der Waals surface area contributed by atoms with E-state index in [2.05, 4.69) is 30.7 Å². The summed E-state index contributed by atoms with van der Waals surface area (Å²) in [7, 11) is -2.95. The molecule has 3 rings (SSSR count). The van der Waals surface area contributed by atoms with E-state index in [1.807, 2.05) is 0 Å². The maximum absolute atomic E-state index is 13.4. The summed E-state index contributed by atoms with van der Waals surface area (Å²) in [5.41, 5.74) is -1.10. The number of halogens is 1. The molecule has 1 saturated heterocycles. The number of aromatic amines is 1. The van der Waals surface area contributed by atoms with Crippen molar-refractivity contribution in [2.75, 3.05) is 13.7 Å². The zero-order valence-electron chi connectivity index (χ0n) is 18.8. The molecule has 0 spiro atoms. The number of benzene rings is 1. The van der Waals surface area contributed by atoms with Crippen LogP contribution in [-0.2, 0) is 23.4 Å². The normalized spacial score (nSPS) is 22.6. The number of aliphatic hydroxyl groups is 1. The van der Waals surface area contributed by atoms with Crippen molar-refractivity contribution in [1.82, 2.24) is 14.6 Å². The Balaban J connectivity index is 1.75. The number of rotatable bonds is 10. The Morgan fingerprint density at radius 1 is 1.40 bits per heavy atom. The van der Waals surface area contributed by atoms with E-state index in [9.17, 15) is 24.1 Å². The fraction of sp³-hybridized carbons (Fsp3) is 0.381. The number of nitrogens with one attached hydrogen (secondary N) is 2. The molecule has 3 unspecified atom stereocenters. The van der Waals surface area contributed by atoms with Gasteiger partial charge in [-0.05, 0) is 30.1 Å². The van der Waals surface area contributed by atoms with Gasteiger partial charge in [-0.2, -0.15) is 5.09 Å². The van der Waals surface area contributed by atoms with Crippen LogP contribution in [0.2, 0.25) is 0 Å². The molecule has 2 aromatic rings. The van der Waals surface area contributed by atoms with Crippen LogP contribution >= 0.6 is 23.7 Å². The lowest BCUT2D eigenvalue weighted by molar-refractivity contribution is -0.142. The third-order valence-corrected chi connectivity index (χ3v) is 6.94. The smallest absolute Gasteiger partial charge is 0.459 e. The number of esters is 1. The van der Waals surface area contributed by atoms with Crippen LogP contribution in [0, 0.1) is 0 Å². The third kappa shape index (κ3) is 7.00. The van der Waals surface area contributed by atoms with E-state index >= 15 is 0 Å². The Hall–Kier alpha value is -2.54. The Labute approximate surface area is 208 Å². The highest BCUT2D eigenvalue weighted by Gasteiger charge is 2.39. The quantitative estimate of drug-likeness (QED) is 0.283. The first-order chi connectivity index (χ1) is 16.7. The van der Waals surface area contributed by atoms with Crippen LogP contribution in [-0.4, -0.2) is 52.6 Å². The second-order valence-electron chi connectivity index (χ2n) is 7.55. The standard InChI is InChI=1S/C21H25BrN3O9P/c1-13(20(28)31-2)24-35(30,34-15-6-4-3-5-7-15)32-12-17-16(26)10-18(33-17)25-11-14(8-9-22)19(27)23-21(25)29/h3-9,11,13,16-18,26H,10,12H2,1-2H3,(H,24,30)(H,23,27,29)/b9-8+/t13?,16-,17?,18-,35?/m1/s1. The van der Waals surface area contributed by atoms with Crippen LogP contribution in [0.4, 0.5) is 0 Å². The Bertz CT molecular complexity index is 1220. The topological polar surface area (TPSA) is 158 Å². The summed E-state index contributed by atoms with van der Waals surface area (Å²) in [4.78, 5) is 39.7. The molecule has 14 heteroatoms. The molecule has 0 radical (unpaired) electrons. The van der Waals surface area contributed by atoms with Gasteiger partial charge in [0.25, 0.3) is 5.56 Å². The van der Waals surface area contributed by atoms with Crippen molar-refractivity contribution in [1.29, 1.82) is 0 Å². The van der Waals surface area contributed by atoms with Gasteiger partial charge in [-0.25, -0.2) is 9.36 Å². The number of H-pyrrole nitrogens is 1. The summed E-state index contributed by atoms with van der Waals surface area (Å²) >= 11 is 3.08. The van der Waals surface area contributed by atoms with Crippen molar-refractivity contribution < 1.29 is 33.0 Å². The maximum atomic E-state index is 13.4. The number of nitrogens with zero attached hydrogens (tertiary/aromatic N) is 1. The fourth-order valence-electron chi connectivity index (χ4n) is 3.29. The van der Waals surface area contributed by atoms with Crippen molar-refractivity contribution in [3.8, 4) is 5.75 Å². The van der Waals surface area contributed by atoms with E-state index in [1.165, 1.54) is 31.3 Å². The SMILES string of the molecule is COC(=O)C(C)NP(=O)(OCC1O[C@@H](n2cc(/C=C/Br)c(=O)[nH]c2=O)C[C@H]1O)Oc1ccccc1. The van der Waals surface area contributed by atoms with E-state index in [0.717, 1.165) is 4.57 Å². The van der Waals surface area contributed by atoms with Crippen LogP contribution in [0.1, 0.15) is 25.1 Å². The van der Waals surface area contributed by atoms with E-state index in [1.54, 1.807) is 30.3 Å². The number of aromatic nitrogens is 2. The molecular weight excluding hydrogens is 549 g/mol. The highest BCUT2D eigenvalue weighted by Crippen LogP contribution is 2.45. The lowest BCUT2D eigenvalue weighted by Crippen LogP contribution is -2.36. The van der Waals surface area contributed by atoms with Crippen molar-refractivity contribution >= 4 is 35.7 Å². The maximum Gasteiger partial charge on any atom is 0.459 e. The molecule has 1 aromatic heterocycles. The van der Waals surface area contributed by atoms with Crippen molar-refractivity contribution in [2.24, 2.45) is 0 Å². The largest absolute Gasteiger partial charge is 0.468 e. The fourth-order valence-corrected chi connectivity index (χ4v) is 5.07.